The fraction of sp³-hybridized carbons (Fsp3) is 0.500. The highest BCUT2D eigenvalue weighted by molar-refractivity contribution is 9.10. The van der Waals surface area contributed by atoms with Crippen molar-refractivity contribution < 1.29 is 15.0 Å². The fourth-order valence-corrected chi connectivity index (χ4v) is 2.46. The number of aliphatic hydroxyl groups is 2. The van der Waals surface area contributed by atoms with Gasteiger partial charge in [-0.25, -0.2) is 0 Å². The molecule has 0 aliphatic heterocycles. The van der Waals surface area contributed by atoms with Gasteiger partial charge in [0.2, 0.25) is 5.91 Å². The predicted octanol–water partition coefficient (Wildman–Crippen LogP) is 1.80. The zero-order chi connectivity index (χ0) is 14.5. The van der Waals surface area contributed by atoms with Gasteiger partial charge < -0.3 is 15.5 Å². The van der Waals surface area contributed by atoms with Crippen LogP contribution in [-0.4, -0.2) is 34.9 Å². The van der Waals surface area contributed by atoms with Crippen LogP contribution in [0.4, 0.5) is 0 Å². The molecule has 0 spiro atoms. The molecule has 3 N–H and O–H groups in total. The summed E-state index contributed by atoms with van der Waals surface area (Å²) < 4.78 is 0.974. The van der Waals surface area contributed by atoms with Crippen molar-refractivity contribution in [3.63, 3.8) is 0 Å². The Kier molecular flexibility index (Phi) is 5.97. The Morgan fingerprint density at radius 2 is 1.95 bits per heavy atom. The number of hydrogen-bond donors (Lipinski definition) is 3. The Hall–Kier alpha value is -0.910. The standard InChI is InChI=1S/C14H20BrNO3/c1-10(11-5-3-4-6-12(11)15)7-13(19)16-14(2,8-17)9-18/h3-6,10,17-18H,7-9H2,1-2H3,(H,16,19)/t10-/m1/s1. The van der Waals surface area contributed by atoms with Crippen molar-refractivity contribution in [1.82, 2.24) is 5.32 Å². The van der Waals surface area contributed by atoms with Gasteiger partial charge in [-0.2, -0.15) is 0 Å². The Labute approximate surface area is 122 Å². The molecule has 19 heavy (non-hydrogen) atoms. The number of carbonyl (C=O) groups excluding carboxylic acids is 1. The SMILES string of the molecule is C[C@H](CC(=O)NC(C)(CO)CO)c1ccccc1Br. The summed E-state index contributed by atoms with van der Waals surface area (Å²) in [6.07, 6.45) is 0.304. The second-order valence-electron chi connectivity index (χ2n) is 5.05. The number of benzene rings is 1. The van der Waals surface area contributed by atoms with E-state index in [1.54, 1.807) is 6.92 Å². The molecule has 4 nitrogen and oxygen atoms in total. The first-order valence-electron chi connectivity index (χ1n) is 6.19. The van der Waals surface area contributed by atoms with Crippen LogP contribution in [0.25, 0.3) is 0 Å². The third kappa shape index (κ3) is 4.60. The molecule has 0 fully saturated rings. The van der Waals surface area contributed by atoms with Crippen LogP contribution in [0.3, 0.4) is 0 Å². The Morgan fingerprint density at radius 3 is 2.47 bits per heavy atom. The lowest BCUT2D eigenvalue weighted by Crippen LogP contribution is -2.51. The summed E-state index contributed by atoms with van der Waals surface area (Å²) in [5.74, 6) is -0.133. The van der Waals surface area contributed by atoms with Crippen LogP contribution in [0.5, 0.6) is 0 Å². The lowest BCUT2D eigenvalue weighted by molar-refractivity contribution is -0.124. The minimum absolute atomic E-state index is 0.0530. The maximum atomic E-state index is 11.9. The van der Waals surface area contributed by atoms with Crippen molar-refractivity contribution in [2.75, 3.05) is 13.2 Å². The van der Waals surface area contributed by atoms with Crippen molar-refractivity contribution in [1.29, 1.82) is 0 Å². The lowest BCUT2D eigenvalue weighted by Gasteiger charge is -2.27. The summed E-state index contributed by atoms with van der Waals surface area (Å²) in [4.78, 5) is 11.9. The van der Waals surface area contributed by atoms with Crippen LogP contribution in [0, 0.1) is 0 Å². The molecule has 0 radical (unpaired) electrons. The molecule has 0 saturated heterocycles. The van der Waals surface area contributed by atoms with Crippen LogP contribution < -0.4 is 5.32 Å². The van der Waals surface area contributed by atoms with Gasteiger partial charge in [0.25, 0.3) is 0 Å². The summed E-state index contributed by atoms with van der Waals surface area (Å²) >= 11 is 3.46. The van der Waals surface area contributed by atoms with Crippen LogP contribution >= 0.6 is 15.9 Å². The van der Waals surface area contributed by atoms with Gasteiger partial charge in [0.15, 0.2) is 0 Å². The molecule has 1 atom stereocenters. The minimum Gasteiger partial charge on any atom is -0.394 e. The molecular formula is C14H20BrNO3. The van der Waals surface area contributed by atoms with Crippen molar-refractivity contribution in [2.45, 2.75) is 31.7 Å². The van der Waals surface area contributed by atoms with E-state index in [1.165, 1.54) is 0 Å². The minimum atomic E-state index is -0.968. The highest BCUT2D eigenvalue weighted by Crippen LogP contribution is 2.26. The highest BCUT2D eigenvalue weighted by Gasteiger charge is 2.25. The maximum absolute atomic E-state index is 11.9. The molecule has 1 rings (SSSR count). The molecule has 0 saturated carbocycles. The van der Waals surface area contributed by atoms with Crippen LogP contribution in [-0.2, 0) is 4.79 Å². The number of amides is 1. The van der Waals surface area contributed by atoms with E-state index in [2.05, 4.69) is 21.2 Å². The number of rotatable bonds is 6. The molecule has 1 amide bonds. The first-order valence-corrected chi connectivity index (χ1v) is 6.98. The third-order valence-electron chi connectivity index (χ3n) is 3.07. The number of carbonyl (C=O) groups is 1. The molecule has 106 valence electrons. The van der Waals surface area contributed by atoms with E-state index in [1.807, 2.05) is 31.2 Å². The average Bonchev–Trinajstić information content (AvgIpc) is 2.38. The summed E-state index contributed by atoms with van der Waals surface area (Å²) in [5, 5.41) is 21.0. The Balaban J connectivity index is 2.65. The zero-order valence-corrected chi connectivity index (χ0v) is 12.8. The van der Waals surface area contributed by atoms with Crippen molar-refractivity contribution in [3.05, 3.63) is 34.3 Å². The van der Waals surface area contributed by atoms with Crippen LogP contribution in [0.2, 0.25) is 0 Å². The summed E-state index contributed by atoms with van der Waals surface area (Å²) in [6, 6.07) is 7.77. The monoisotopic (exact) mass is 329 g/mol. The van der Waals surface area contributed by atoms with Crippen molar-refractivity contribution in [2.24, 2.45) is 0 Å². The molecular weight excluding hydrogens is 310 g/mol. The van der Waals surface area contributed by atoms with E-state index in [9.17, 15) is 4.79 Å². The van der Waals surface area contributed by atoms with Crippen LogP contribution in [0.1, 0.15) is 31.7 Å². The van der Waals surface area contributed by atoms with Gasteiger partial charge in [0, 0.05) is 10.9 Å². The highest BCUT2D eigenvalue weighted by atomic mass is 79.9. The van der Waals surface area contributed by atoms with E-state index >= 15 is 0 Å². The molecule has 1 aromatic rings. The topological polar surface area (TPSA) is 69.6 Å². The molecule has 0 aliphatic carbocycles. The van der Waals surface area contributed by atoms with Crippen molar-refractivity contribution >= 4 is 21.8 Å². The molecule has 0 bridgehead atoms. The second-order valence-corrected chi connectivity index (χ2v) is 5.91. The van der Waals surface area contributed by atoms with Crippen LogP contribution in [0.15, 0.2) is 28.7 Å². The first-order chi connectivity index (χ1) is 8.91. The van der Waals surface area contributed by atoms with Crippen molar-refractivity contribution in [3.8, 4) is 0 Å². The normalized spacial score (nSPS) is 13.1. The average molecular weight is 330 g/mol. The maximum Gasteiger partial charge on any atom is 0.221 e. The zero-order valence-electron chi connectivity index (χ0n) is 11.2. The fourth-order valence-electron chi connectivity index (χ4n) is 1.78. The van der Waals surface area contributed by atoms with Gasteiger partial charge in [-0.1, -0.05) is 41.1 Å². The first kappa shape index (κ1) is 16.1. The van der Waals surface area contributed by atoms with Gasteiger partial charge >= 0.3 is 0 Å². The molecule has 0 aromatic heterocycles. The molecule has 0 heterocycles. The molecule has 0 unspecified atom stereocenters. The van der Waals surface area contributed by atoms with E-state index in [0.29, 0.717) is 6.42 Å². The predicted molar refractivity (Wildman–Crippen MR) is 77.9 cm³/mol. The Bertz CT molecular complexity index is 432. The second kappa shape index (κ2) is 7.03. The number of nitrogens with one attached hydrogen (secondary N) is 1. The number of aliphatic hydroxyl groups excluding tert-OH is 2. The number of halogens is 1. The van der Waals surface area contributed by atoms with E-state index < -0.39 is 5.54 Å². The Morgan fingerprint density at radius 1 is 1.37 bits per heavy atom. The summed E-state index contributed by atoms with van der Waals surface area (Å²) in [6.45, 7) is 2.99. The summed E-state index contributed by atoms with van der Waals surface area (Å²) in [7, 11) is 0. The van der Waals surface area contributed by atoms with E-state index in [-0.39, 0.29) is 25.0 Å². The van der Waals surface area contributed by atoms with Gasteiger partial charge in [-0.05, 0) is 24.5 Å². The molecule has 1 aromatic carbocycles. The molecule has 5 heteroatoms. The van der Waals surface area contributed by atoms with Gasteiger partial charge in [0.05, 0.1) is 18.8 Å². The smallest absolute Gasteiger partial charge is 0.221 e. The molecule has 0 aliphatic rings. The van der Waals surface area contributed by atoms with Gasteiger partial charge in [0.1, 0.15) is 0 Å². The quantitative estimate of drug-likeness (QED) is 0.745. The number of hydrogen-bond acceptors (Lipinski definition) is 3. The van der Waals surface area contributed by atoms with E-state index in [0.717, 1.165) is 10.0 Å². The lowest BCUT2D eigenvalue weighted by atomic mass is 9.96. The van der Waals surface area contributed by atoms with Gasteiger partial charge in [-0.3, -0.25) is 4.79 Å². The third-order valence-corrected chi connectivity index (χ3v) is 3.79. The van der Waals surface area contributed by atoms with E-state index in [4.69, 9.17) is 10.2 Å². The van der Waals surface area contributed by atoms with Gasteiger partial charge in [-0.15, -0.1) is 0 Å². The largest absolute Gasteiger partial charge is 0.394 e. The summed E-state index contributed by atoms with van der Waals surface area (Å²) in [5.41, 5.74) is 0.0948.